The van der Waals surface area contributed by atoms with Gasteiger partial charge in [-0.2, -0.15) is 0 Å². The molecule has 1 aromatic rings. The third kappa shape index (κ3) is 17.2. The predicted octanol–water partition coefficient (Wildman–Crippen LogP) is 3.07. The molecule has 0 fully saturated rings. The molecule has 1 rings (SSSR count). The highest BCUT2D eigenvalue weighted by atomic mass is 35.5. The van der Waals surface area contributed by atoms with Gasteiger partial charge in [-0.15, -0.1) is 12.4 Å². The topological polar surface area (TPSA) is 100 Å². The maximum absolute atomic E-state index is 10.3. The van der Waals surface area contributed by atoms with E-state index in [1.165, 1.54) is 5.56 Å². The van der Waals surface area contributed by atoms with Crippen molar-refractivity contribution in [3.05, 3.63) is 29.8 Å². The Morgan fingerprint density at radius 1 is 0.862 bits per heavy atom. The van der Waals surface area contributed by atoms with E-state index in [2.05, 4.69) is 12.1 Å². The van der Waals surface area contributed by atoms with Crippen LogP contribution < -0.4 is 10.5 Å². The van der Waals surface area contributed by atoms with Crippen molar-refractivity contribution < 1.29 is 28.8 Å². The van der Waals surface area contributed by atoms with Crippen molar-refractivity contribution in [2.45, 2.75) is 38.5 Å². The van der Waals surface area contributed by atoms with E-state index in [1.807, 2.05) is 12.1 Å². The summed E-state index contributed by atoms with van der Waals surface area (Å²) in [7, 11) is 0. The molecule has 0 radical (unpaired) electrons. The summed E-state index contributed by atoms with van der Waals surface area (Å²) in [5.41, 5.74) is 6.79. The molecule has 0 aliphatic rings. The zero-order valence-electron chi connectivity index (χ0n) is 17.2. The van der Waals surface area contributed by atoms with E-state index in [9.17, 15) is 4.79 Å². The monoisotopic (exact) mass is 433 g/mol. The standard InChI is InChI=1S/C21H35NO6.ClH/c22-10-8-19-6-5-7-20(18-19)28-12-4-2-1-3-11-25-14-16-27-17-15-26-13-9-21(23)24;/h5-7,18H,1-4,8-17,22H2,(H,23,24);1H. The molecule has 0 amide bonds. The van der Waals surface area contributed by atoms with Crippen LogP contribution in [0.15, 0.2) is 24.3 Å². The predicted molar refractivity (Wildman–Crippen MR) is 115 cm³/mol. The fourth-order valence-electron chi connectivity index (χ4n) is 2.51. The fourth-order valence-corrected chi connectivity index (χ4v) is 2.51. The second kappa shape index (κ2) is 19.9. The van der Waals surface area contributed by atoms with Gasteiger partial charge >= 0.3 is 5.97 Å². The maximum atomic E-state index is 10.3. The minimum absolute atomic E-state index is 0. The lowest BCUT2D eigenvalue weighted by Crippen LogP contribution is -2.11. The van der Waals surface area contributed by atoms with Crippen LogP contribution in [-0.4, -0.2) is 63.9 Å². The first-order valence-corrected chi connectivity index (χ1v) is 10.1. The van der Waals surface area contributed by atoms with Crippen molar-refractivity contribution >= 4 is 18.4 Å². The molecule has 0 spiro atoms. The van der Waals surface area contributed by atoms with E-state index in [0.717, 1.165) is 51.1 Å². The lowest BCUT2D eigenvalue weighted by atomic mass is 10.1. The van der Waals surface area contributed by atoms with E-state index in [-0.39, 0.29) is 25.4 Å². The molecule has 1 aromatic carbocycles. The van der Waals surface area contributed by atoms with Gasteiger partial charge in [-0.25, -0.2) is 0 Å². The van der Waals surface area contributed by atoms with Crippen molar-refractivity contribution in [3.63, 3.8) is 0 Å². The van der Waals surface area contributed by atoms with Gasteiger partial charge in [0.15, 0.2) is 0 Å². The number of halogens is 1. The molecule has 0 aliphatic heterocycles. The van der Waals surface area contributed by atoms with E-state index >= 15 is 0 Å². The maximum Gasteiger partial charge on any atom is 0.305 e. The molecule has 3 N–H and O–H groups in total. The van der Waals surface area contributed by atoms with Gasteiger partial charge in [-0.05, 0) is 49.9 Å². The van der Waals surface area contributed by atoms with Gasteiger partial charge in [-0.1, -0.05) is 18.6 Å². The number of aliphatic carboxylic acids is 1. The number of hydrogen-bond acceptors (Lipinski definition) is 6. The number of unbranched alkanes of at least 4 members (excludes halogenated alkanes) is 3. The summed E-state index contributed by atoms with van der Waals surface area (Å²) >= 11 is 0. The Kier molecular flexibility index (Phi) is 19.0. The molecule has 168 valence electrons. The number of rotatable bonds is 19. The smallest absolute Gasteiger partial charge is 0.305 e. The molecule has 0 aliphatic carbocycles. The molecule has 0 saturated heterocycles. The Morgan fingerprint density at radius 3 is 2.14 bits per heavy atom. The second-order valence-electron chi connectivity index (χ2n) is 6.43. The first-order valence-electron chi connectivity index (χ1n) is 10.1. The zero-order valence-corrected chi connectivity index (χ0v) is 18.0. The summed E-state index contributed by atoms with van der Waals surface area (Å²) < 4.78 is 21.8. The summed E-state index contributed by atoms with van der Waals surface area (Å²) in [4.78, 5) is 10.3. The third-order valence-corrected chi connectivity index (χ3v) is 3.99. The Balaban J connectivity index is 0.00000784. The third-order valence-electron chi connectivity index (χ3n) is 3.99. The van der Waals surface area contributed by atoms with Crippen LogP contribution in [0.1, 0.15) is 37.7 Å². The SMILES string of the molecule is Cl.NCCc1cccc(OCCCCCCOCCOCCOCCC(=O)O)c1. The average molecular weight is 434 g/mol. The molecular weight excluding hydrogens is 398 g/mol. The van der Waals surface area contributed by atoms with Gasteiger partial charge in [0.05, 0.1) is 46.1 Å². The van der Waals surface area contributed by atoms with Crippen LogP contribution in [0, 0.1) is 0 Å². The van der Waals surface area contributed by atoms with Crippen LogP contribution >= 0.6 is 12.4 Å². The van der Waals surface area contributed by atoms with Gasteiger partial charge in [0.2, 0.25) is 0 Å². The van der Waals surface area contributed by atoms with Crippen LogP contribution in [0.4, 0.5) is 0 Å². The number of carbonyl (C=O) groups is 1. The lowest BCUT2D eigenvalue weighted by molar-refractivity contribution is -0.138. The first kappa shape index (κ1) is 27.6. The summed E-state index contributed by atoms with van der Waals surface area (Å²) in [5, 5.41) is 8.45. The van der Waals surface area contributed by atoms with Crippen molar-refractivity contribution in [1.82, 2.24) is 0 Å². The fraction of sp³-hybridized carbons (Fsp3) is 0.667. The summed E-state index contributed by atoms with van der Waals surface area (Å²) in [6.07, 6.45) is 5.21. The van der Waals surface area contributed by atoms with Gasteiger partial charge in [0.1, 0.15) is 5.75 Å². The van der Waals surface area contributed by atoms with E-state index in [1.54, 1.807) is 0 Å². The highest BCUT2D eigenvalue weighted by Crippen LogP contribution is 2.14. The number of benzene rings is 1. The Morgan fingerprint density at radius 2 is 1.48 bits per heavy atom. The van der Waals surface area contributed by atoms with Crippen LogP contribution in [0.25, 0.3) is 0 Å². The summed E-state index contributed by atoms with van der Waals surface area (Å²) in [6, 6.07) is 8.12. The van der Waals surface area contributed by atoms with Crippen molar-refractivity contribution in [2.75, 3.05) is 52.8 Å². The van der Waals surface area contributed by atoms with Gasteiger partial charge in [0.25, 0.3) is 0 Å². The average Bonchev–Trinajstić information content (AvgIpc) is 2.68. The van der Waals surface area contributed by atoms with Crippen LogP contribution in [0.2, 0.25) is 0 Å². The highest BCUT2D eigenvalue weighted by molar-refractivity contribution is 5.85. The van der Waals surface area contributed by atoms with Gasteiger partial charge < -0.3 is 29.8 Å². The second-order valence-corrected chi connectivity index (χ2v) is 6.43. The normalized spacial score (nSPS) is 10.5. The minimum atomic E-state index is -0.852. The first-order chi connectivity index (χ1) is 13.7. The lowest BCUT2D eigenvalue weighted by Gasteiger charge is -2.08. The number of nitrogens with two attached hydrogens (primary N) is 1. The van der Waals surface area contributed by atoms with E-state index < -0.39 is 5.97 Å². The molecule has 0 heterocycles. The van der Waals surface area contributed by atoms with Crippen molar-refractivity contribution in [1.29, 1.82) is 0 Å². The van der Waals surface area contributed by atoms with Gasteiger partial charge in [-0.3, -0.25) is 4.79 Å². The number of carboxylic acids is 1. The summed E-state index contributed by atoms with van der Waals surface area (Å²) in [5.74, 6) is 0.0662. The molecule has 7 nitrogen and oxygen atoms in total. The van der Waals surface area contributed by atoms with Crippen molar-refractivity contribution in [2.24, 2.45) is 5.73 Å². The number of carboxylic acid groups (broad SMARTS) is 1. The molecule has 0 aromatic heterocycles. The van der Waals surface area contributed by atoms with E-state index in [0.29, 0.717) is 33.0 Å². The Labute approximate surface area is 180 Å². The Bertz CT molecular complexity index is 518. The molecule has 0 unspecified atom stereocenters. The highest BCUT2D eigenvalue weighted by Gasteiger charge is 1.98. The van der Waals surface area contributed by atoms with Crippen molar-refractivity contribution in [3.8, 4) is 5.75 Å². The van der Waals surface area contributed by atoms with E-state index in [4.69, 9.17) is 29.8 Å². The largest absolute Gasteiger partial charge is 0.494 e. The summed E-state index contributed by atoms with van der Waals surface area (Å²) in [6.45, 7) is 4.30. The molecule has 0 atom stereocenters. The minimum Gasteiger partial charge on any atom is -0.494 e. The Hall–Kier alpha value is -1.38. The molecule has 8 heteroatoms. The molecule has 0 bridgehead atoms. The van der Waals surface area contributed by atoms with Crippen LogP contribution in [0.5, 0.6) is 5.75 Å². The van der Waals surface area contributed by atoms with Crippen LogP contribution in [-0.2, 0) is 25.4 Å². The number of ether oxygens (including phenoxy) is 4. The van der Waals surface area contributed by atoms with Crippen LogP contribution in [0.3, 0.4) is 0 Å². The molecule has 0 saturated carbocycles. The van der Waals surface area contributed by atoms with Gasteiger partial charge in [0, 0.05) is 6.61 Å². The quantitative estimate of drug-likeness (QED) is 0.323. The number of hydrogen-bond donors (Lipinski definition) is 2. The molecular formula is C21H36ClNO6. The molecule has 29 heavy (non-hydrogen) atoms. The zero-order chi connectivity index (χ0) is 20.3.